The maximum Gasteiger partial charge on any atom is 0.261 e. The Morgan fingerprint density at radius 2 is 2.09 bits per heavy atom. The van der Waals surface area contributed by atoms with Crippen LogP contribution in [0, 0.1) is 0 Å². The molecule has 0 spiro atoms. The normalized spacial score (nSPS) is 21.8. The molecule has 0 saturated carbocycles. The van der Waals surface area contributed by atoms with Gasteiger partial charge in [-0.1, -0.05) is 18.2 Å². The number of aromatic nitrogens is 1. The lowest BCUT2D eigenvalue weighted by molar-refractivity contribution is 0.0275. The number of amides is 1. The fourth-order valence-corrected chi connectivity index (χ4v) is 2.95. The average Bonchev–Trinajstić information content (AvgIpc) is 2.77. The fraction of sp³-hybridized carbons (Fsp3) is 0.412. The lowest BCUT2D eigenvalue weighted by Crippen LogP contribution is -2.44. The van der Waals surface area contributed by atoms with E-state index in [2.05, 4.69) is 15.6 Å². The maximum absolute atomic E-state index is 12.3. The van der Waals surface area contributed by atoms with E-state index < -0.39 is 17.1 Å². The molecular weight excluding hydrogens is 294 g/mol. The number of aromatic amines is 1. The van der Waals surface area contributed by atoms with Crippen LogP contribution in [-0.2, 0) is 0 Å². The molecule has 1 amide bonds. The second-order valence-corrected chi connectivity index (χ2v) is 6.11. The molecule has 3 rings (SSSR count). The van der Waals surface area contributed by atoms with Crippen LogP contribution >= 0.6 is 0 Å². The van der Waals surface area contributed by atoms with Gasteiger partial charge in [-0.2, -0.15) is 0 Å². The van der Waals surface area contributed by atoms with Gasteiger partial charge < -0.3 is 20.7 Å². The predicted molar refractivity (Wildman–Crippen MR) is 88.6 cm³/mol. The van der Waals surface area contributed by atoms with E-state index in [4.69, 9.17) is 0 Å². The summed E-state index contributed by atoms with van der Waals surface area (Å²) >= 11 is 0. The van der Waals surface area contributed by atoms with E-state index in [0.29, 0.717) is 18.4 Å². The van der Waals surface area contributed by atoms with Crippen LogP contribution in [0.2, 0.25) is 0 Å². The quantitative estimate of drug-likeness (QED) is 0.673. The maximum atomic E-state index is 12.3. The summed E-state index contributed by atoms with van der Waals surface area (Å²) in [5.74, 6) is -0.456. The number of carbonyl (C=O) groups is 1. The number of para-hydroxylation sites is 1. The first-order valence-corrected chi connectivity index (χ1v) is 7.91. The second kappa shape index (κ2) is 6.52. The van der Waals surface area contributed by atoms with Crippen molar-refractivity contribution in [3.05, 3.63) is 46.2 Å². The van der Waals surface area contributed by atoms with Crippen LogP contribution in [0.4, 0.5) is 0 Å². The molecule has 122 valence electrons. The highest BCUT2D eigenvalue weighted by Crippen LogP contribution is 2.18. The zero-order valence-corrected chi connectivity index (χ0v) is 12.9. The van der Waals surface area contributed by atoms with Crippen LogP contribution in [0.15, 0.2) is 35.1 Å². The Morgan fingerprint density at radius 3 is 2.96 bits per heavy atom. The number of hydrogen-bond donors (Lipinski definition) is 4. The van der Waals surface area contributed by atoms with Gasteiger partial charge in [0.05, 0.1) is 5.60 Å². The number of H-pyrrole nitrogens is 1. The number of rotatable bonds is 3. The van der Waals surface area contributed by atoms with Crippen molar-refractivity contribution in [3.63, 3.8) is 0 Å². The smallest absolute Gasteiger partial charge is 0.261 e. The minimum atomic E-state index is -0.914. The molecule has 2 heterocycles. The topological polar surface area (TPSA) is 94.2 Å². The number of aliphatic hydroxyl groups is 1. The summed E-state index contributed by atoms with van der Waals surface area (Å²) in [5.41, 5.74) is -0.569. The third-order valence-electron chi connectivity index (χ3n) is 4.34. The summed E-state index contributed by atoms with van der Waals surface area (Å²) < 4.78 is 0. The Morgan fingerprint density at radius 1 is 1.26 bits per heavy atom. The van der Waals surface area contributed by atoms with Crippen LogP contribution in [0.3, 0.4) is 0 Å². The van der Waals surface area contributed by atoms with Gasteiger partial charge in [0, 0.05) is 12.1 Å². The van der Waals surface area contributed by atoms with E-state index in [9.17, 15) is 14.7 Å². The lowest BCUT2D eigenvalue weighted by atomic mass is 9.95. The summed E-state index contributed by atoms with van der Waals surface area (Å²) in [6.45, 7) is 1.75. The second-order valence-electron chi connectivity index (χ2n) is 6.11. The standard InChI is InChI=1S/C17H21N3O3/c21-15(19-11-17(23)6-3-8-18-9-7-17)13-10-12-4-1-2-5-14(12)20-16(13)22/h1-2,4-5,10,18,23H,3,6-9,11H2,(H,19,21)(H,20,22)/t17-/m0/s1. The largest absolute Gasteiger partial charge is 0.388 e. The molecule has 1 fully saturated rings. The molecule has 1 aromatic carbocycles. The van der Waals surface area contributed by atoms with Gasteiger partial charge in [-0.05, 0) is 49.9 Å². The third kappa shape index (κ3) is 3.60. The molecule has 6 nitrogen and oxygen atoms in total. The lowest BCUT2D eigenvalue weighted by Gasteiger charge is -2.26. The van der Waals surface area contributed by atoms with Crippen LogP contribution in [0.1, 0.15) is 29.6 Å². The summed E-state index contributed by atoms with van der Waals surface area (Å²) in [7, 11) is 0. The van der Waals surface area contributed by atoms with Crippen LogP contribution in [0.25, 0.3) is 10.9 Å². The average molecular weight is 315 g/mol. The van der Waals surface area contributed by atoms with Crippen molar-refractivity contribution in [3.8, 4) is 0 Å². The van der Waals surface area contributed by atoms with Gasteiger partial charge in [0.1, 0.15) is 5.56 Å². The number of pyridine rings is 1. The van der Waals surface area contributed by atoms with Crippen molar-refractivity contribution < 1.29 is 9.90 Å². The summed E-state index contributed by atoms with van der Waals surface area (Å²) in [6.07, 6.45) is 2.08. The zero-order valence-electron chi connectivity index (χ0n) is 12.9. The van der Waals surface area contributed by atoms with Gasteiger partial charge in [-0.25, -0.2) is 0 Å². The molecule has 6 heteroatoms. The monoisotopic (exact) mass is 315 g/mol. The van der Waals surface area contributed by atoms with Crippen molar-refractivity contribution in [2.24, 2.45) is 0 Å². The third-order valence-corrected chi connectivity index (χ3v) is 4.34. The summed E-state index contributed by atoms with van der Waals surface area (Å²) in [6, 6.07) is 8.89. The first-order valence-electron chi connectivity index (χ1n) is 7.91. The Hall–Kier alpha value is -2.18. The van der Waals surface area contributed by atoms with Crippen molar-refractivity contribution in [2.45, 2.75) is 24.9 Å². The van der Waals surface area contributed by atoms with Gasteiger partial charge in [-0.3, -0.25) is 9.59 Å². The Balaban J connectivity index is 1.75. The zero-order chi connectivity index (χ0) is 16.3. The minimum absolute atomic E-state index is 0.0686. The molecule has 1 saturated heterocycles. The van der Waals surface area contributed by atoms with Crippen LogP contribution < -0.4 is 16.2 Å². The number of fused-ring (bicyclic) bond motifs is 1. The molecular formula is C17H21N3O3. The van der Waals surface area contributed by atoms with E-state index >= 15 is 0 Å². The molecule has 4 N–H and O–H groups in total. The Labute approximate surface area is 133 Å². The summed E-state index contributed by atoms with van der Waals surface area (Å²) in [4.78, 5) is 27.1. The Bertz CT molecular complexity index is 761. The number of carbonyl (C=O) groups excluding carboxylic acids is 1. The first kappa shape index (κ1) is 15.7. The van der Waals surface area contributed by atoms with E-state index in [1.54, 1.807) is 12.1 Å². The minimum Gasteiger partial charge on any atom is -0.388 e. The van der Waals surface area contributed by atoms with Gasteiger partial charge in [-0.15, -0.1) is 0 Å². The van der Waals surface area contributed by atoms with E-state index in [0.717, 1.165) is 24.9 Å². The molecule has 23 heavy (non-hydrogen) atoms. The van der Waals surface area contributed by atoms with E-state index in [-0.39, 0.29) is 12.1 Å². The molecule has 0 unspecified atom stereocenters. The first-order chi connectivity index (χ1) is 11.1. The number of benzene rings is 1. The molecule has 2 aromatic rings. The van der Waals surface area contributed by atoms with Gasteiger partial charge in [0.15, 0.2) is 0 Å². The summed E-state index contributed by atoms with van der Waals surface area (Å²) in [5, 5.41) is 17.3. The van der Waals surface area contributed by atoms with Gasteiger partial charge in [0.25, 0.3) is 11.5 Å². The van der Waals surface area contributed by atoms with Crippen LogP contribution in [-0.4, -0.2) is 41.2 Å². The highest BCUT2D eigenvalue weighted by molar-refractivity contribution is 5.97. The van der Waals surface area contributed by atoms with Gasteiger partial charge in [0.2, 0.25) is 0 Å². The highest BCUT2D eigenvalue weighted by Gasteiger charge is 2.28. The van der Waals surface area contributed by atoms with Gasteiger partial charge >= 0.3 is 0 Å². The fourth-order valence-electron chi connectivity index (χ4n) is 2.95. The van der Waals surface area contributed by atoms with Crippen molar-refractivity contribution in [2.75, 3.05) is 19.6 Å². The van der Waals surface area contributed by atoms with E-state index in [1.165, 1.54) is 0 Å². The molecule has 1 atom stereocenters. The highest BCUT2D eigenvalue weighted by atomic mass is 16.3. The molecule has 0 radical (unpaired) electrons. The van der Waals surface area contributed by atoms with E-state index in [1.807, 2.05) is 18.2 Å². The van der Waals surface area contributed by atoms with Crippen molar-refractivity contribution in [1.29, 1.82) is 0 Å². The predicted octanol–water partition coefficient (Wildman–Crippen LogP) is 0.762. The number of hydrogen-bond acceptors (Lipinski definition) is 4. The molecule has 0 aliphatic carbocycles. The van der Waals surface area contributed by atoms with Crippen LogP contribution in [0.5, 0.6) is 0 Å². The van der Waals surface area contributed by atoms with Crippen molar-refractivity contribution >= 4 is 16.8 Å². The molecule has 1 aromatic heterocycles. The molecule has 1 aliphatic heterocycles. The SMILES string of the molecule is O=C(NC[C@]1(O)CCCNCC1)c1cc2ccccc2[nH]c1=O. The Kier molecular flexibility index (Phi) is 4.45. The number of nitrogens with one attached hydrogen (secondary N) is 3. The van der Waals surface area contributed by atoms with Crippen molar-refractivity contribution in [1.82, 2.24) is 15.6 Å². The molecule has 0 bridgehead atoms. The molecule has 1 aliphatic rings.